The van der Waals surface area contributed by atoms with E-state index < -0.39 is 0 Å². The molecule has 1 aromatic carbocycles. The molecule has 0 radical (unpaired) electrons. The molecule has 1 unspecified atom stereocenters. The minimum absolute atomic E-state index is 0.458. The van der Waals surface area contributed by atoms with Crippen molar-refractivity contribution in [1.29, 1.82) is 0 Å². The Bertz CT molecular complexity index is 398. The first-order valence-electron chi connectivity index (χ1n) is 8.19. The maximum Gasteiger partial charge on any atom is 0.120 e. The highest BCUT2D eigenvalue weighted by atomic mass is 16.5. The van der Waals surface area contributed by atoms with Gasteiger partial charge < -0.3 is 10.1 Å². The average Bonchev–Trinajstić information content (AvgIpc) is 3.23. The molecule has 1 N–H and O–H groups in total. The Kier molecular flexibility index (Phi) is 5.90. The highest BCUT2D eigenvalue weighted by Gasteiger charge is 2.23. The summed E-state index contributed by atoms with van der Waals surface area (Å²) < 4.78 is 5.92. The highest BCUT2D eigenvalue weighted by molar-refractivity contribution is 5.31. The minimum Gasteiger partial charge on any atom is -0.490 e. The maximum atomic E-state index is 5.92. The average molecular weight is 275 g/mol. The van der Waals surface area contributed by atoms with E-state index in [1.54, 1.807) is 0 Å². The predicted octanol–water partition coefficient (Wildman–Crippen LogP) is 4.70. The number of hydrogen-bond acceptors (Lipinski definition) is 2. The second kappa shape index (κ2) is 7.68. The van der Waals surface area contributed by atoms with E-state index in [9.17, 15) is 0 Å². The van der Waals surface area contributed by atoms with E-state index in [2.05, 4.69) is 50.4 Å². The van der Waals surface area contributed by atoms with E-state index in [1.807, 2.05) is 0 Å². The molecule has 112 valence electrons. The zero-order valence-electron chi connectivity index (χ0n) is 13.2. The number of benzene rings is 1. The molecule has 2 nitrogen and oxygen atoms in total. The molecule has 0 spiro atoms. The summed E-state index contributed by atoms with van der Waals surface area (Å²) in [6.07, 6.45) is 6.54. The molecule has 0 saturated heterocycles. The van der Waals surface area contributed by atoms with Gasteiger partial charge in [-0.3, -0.25) is 0 Å². The van der Waals surface area contributed by atoms with Gasteiger partial charge in [0.05, 0.1) is 6.10 Å². The van der Waals surface area contributed by atoms with Gasteiger partial charge in [-0.1, -0.05) is 32.9 Å². The zero-order valence-corrected chi connectivity index (χ0v) is 13.2. The van der Waals surface area contributed by atoms with Crippen LogP contribution in [0.5, 0.6) is 5.75 Å². The van der Waals surface area contributed by atoms with Crippen LogP contribution in [0.3, 0.4) is 0 Å². The lowest BCUT2D eigenvalue weighted by Crippen LogP contribution is -2.22. The van der Waals surface area contributed by atoms with Gasteiger partial charge in [0.25, 0.3) is 0 Å². The summed E-state index contributed by atoms with van der Waals surface area (Å²) >= 11 is 0. The van der Waals surface area contributed by atoms with Crippen molar-refractivity contribution in [1.82, 2.24) is 5.32 Å². The van der Waals surface area contributed by atoms with Gasteiger partial charge in [-0.15, -0.1) is 0 Å². The molecule has 0 aromatic heterocycles. The Hall–Kier alpha value is -1.02. The Labute approximate surface area is 123 Å². The van der Waals surface area contributed by atoms with Gasteiger partial charge >= 0.3 is 0 Å². The molecular formula is C18H29NO. The largest absolute Gasteiger partial charge is 0.490 e. The van der Waals surface area contributed by atoms with Gasteiger partial charge in [-0.2, -0.15) is 0 Å². The molecule has 2 rings (SSSR count). The molecule has 0 heterocycles. The van der Waals surface area contributed by atoms with Gasteiger partial charge in [-0.25, -0.2) is 0 Å². The van der Waals surface area contributed by atoms with Crippen LogP contribution in [0.1, 0.15) is 64.5 Å². The number of rotatable bonds is 9. The molecule has 0 amide bonds. The number of nitrogens with one attached hydrogen (secondary N) is 1. The van der Waals surface area contributed by atoms with Crippen molar-refractivity contribution < 1.29 is 4.74 Å². The topological polar surface area (TPSA) is 21.3 Å². The quantitative estimate of drug-likeness (QED) is 0.705. The van der Waals surface area contributed by atoms with Crippen LogP contribution in [0.2, 0.25) is 0 Å². The van der Waals surface area contributed by atoms with Crippen molar-refractivity contribution in [2.45, 2.75) is 65.0 Å². The van der Waals surface area contributed by atoms with Gasteiger partial charge in [0.15, 0.2) is 0 Å². The minimum atomic E-state index is 0.458. The van der Waals surface area contributed by atoms with Crippen LogP contribution in [0.25, 0.3) is 0 Å². The zero-order chi connectivity index (χ0) is 14.4. The van der Waals surface area contributed by atoms with Crippen molar-refractivity contribution in [3.8, 4) is 5.75 Å². The fourth-order valence-corrected chi connectivity index (χ4v) is 2.39. The van der Waals surface area contributed by atoms with E-state index in [4.69, 9.17) is 4.74 Å². The standard InChI is InChI=1S/C18H29NO/c1-4-12-19-18(11-8-14(2)3)15-6-5-7-17(13-15)20-16-9-10-16/h5-7,13-14,16,18-19H,4,8-12H2,1-3H3. The number of hydrogen-bond donors (Lipinski definition) is 1. The summed E-state index contributed by atoms with van der Waals surface area (Å²) in [5.74, 6) is 1.80. The summed E-state index contributed by atoms with van der Waals surface area (Å²) in [6, 6.07) is 9.13. The first-order valence-corrected chi connectivity index (χ1v) is 8.19. The van der Waals surface area contributed by atoms with Crippen LogP contribution < -0.4 is 10.1 Å². The van der Waals surface area contributed by atoms with E-state index in [0.29, 0.717) is 12.1 Å². The van der Waals surface area contributed by atoms with E-state index in [1.165, 1.54) is 37.7 Å². The van der Waals surface area contributed by atoms with Gasteiger partial charge in [-0.05, 0) is 62.3 Å². The molecule has 1 fully saturated rings. The third-order valence-corrected chi connectivity index (χ3v) is 3.76. The molecule has 0 bridgehead atoms. The van der Waals surface area contributed by atoms with Crippen LogP contribution in [0.4, 0.5) is 0 Å². The summed E-state index contributed by atoms with van der Waals surface area (Å²) in [5, 5.41) is 3.68. The lowest BCUT2D eigenvalue weighted by Gasteiger charge is -2.20. The van der Waals surface area contributed by atoms with Crippen LogP contribution in [-0.2, 0) is 0 Å². The summed E-state index contributed by atoms with van der Waals surface area (Å²) in [4.78, 5) is 0. The molecule has 1 atom stereocenters. The monoisotopic (exact) mass is 275 g/mol. The third kappa shape index (κ3) is 5.16. The lowest BCUT2D eigenvalue weighted by atomic mass is 9.97. The molecule has 20 heavy (non-hydrogen) atoms. The van der Waals surface area contributed by atoms with Crippen LogP contribution in [-0.4, -0.2) is 12.6 Å². The molecule has 1 aromatic rings. The van der Waals surface area contributed by atoms with Gasteiger partial charge in [0.2, 0.25) is 0 Å². The van der Waals surface area contributed by atoms with Gasteiger partial charge in [0.1, 0.15) is 5.75 Å². The van der Waals surface area contributed by atoms with E-state index >= 15 is 0 Å². The fraction of sp³-hybridized carbons (Fsp3) is 0.667. The van der Waals surface area contributed by atoms with Crippen LogP contribution in [0, 0.1) is 5.92 Å². The normalized spacial score (nSPS) is 16.4. The number of ether oxygens (including phenoxy) is 1. The molecule has 1 aliphatic rings. The van der Waals surface area contributed by atoms with Crippen molar-refractivity contribution in [2.24, 2.45) is 5.92 Å². The first-order chi connectivity index (χ1) is 9.69. The molecule has 1 aliphatic carbocycles. The van der Waals surface area contributed by atoms with Crippen molar-refractivity contribution in [3.63, 3.8) is 0 Å². The van der Waals surface area contributed by atoms with Crippen molar-refractivity contribution in [2.75, 3.05) is 6.54 Å². The molecule has 0 aliphatic heterocycles. The summed E-state index contributed by atoms with van der Waals surface area (Å²) in [5.41, 5.74) is 1.37. The summed E-state index contributed by atoms with van der Waals surface area (Å²) in [6.45, 7) is 7.89. The maximum absolute atomic E-state index is 5.92. The Balaban J connectivity index is 2.00. The van der Waals surface area contributed by atoms with Crippen LogP contribution in [0.15, 0.2) is 24.3 Å². The predicted molar refractivity (Wildman–Crippen MR) is 85.2 cm³/mol. The van der Waals surface area contributed by atoms with Crippen molar-refractivity contribution in [3.05, 3.63) is 29.8 Å². The van der Waals surface area contributed by atoms with Gasteiger partial charge in [0, 0.05) is 6.04 Å². The Morgan fingerprint density at radius 3 is 2.70 bits per heavy atom. The SMILES string of the molecule is CCCNC(CCC(C)C)c1cccc(OC2CC2)c1. The van der Waals surface area contributed by atoms with E-state index in [0.717, 1.165) is 18.2 Å². The third-order valence-electron chi connectivity index (χ3n) is 3.76. The van der Waals surface area contributed by atoms with E-state index in [-0.39, 0.29) is 0 Å². The highest BCUT2D eigenvalue weighted by Crippen LogP contribution is 2.29. The smallest absolute Gasteiger partial charge is 0.120 e. The van der Waals surface area contributed by atoms with Crippen LogP contribution >= 0.6 is 0 Å². The Morgan fingerprint density at radius 2 is 2.05 bits per heavy atom. The second-order valence-electron chi connectivity index (χ2n) is 6.37. The van der Waals surface area contributed by atoms with Crippen molar-refractivity contribution >= 4 is 0 Å². The fourth-order valence-electron chi connectivity index (χ4n) is 2.39. The molecular weight excluding hydrogens is 246 g/mol. The lowest BCUT2D eigenvalue weighted by molar-refractivity contribution is 0.302. The Morgan fingerprint density at radius 1 is 1.25 bits per heavy atom. The summed E-state index contributed by atoms with van der Waals surface area (Å²) in [7, 11) is 0. The first kappa shape index (κ1) is 15.4. The molecule has 1 saturated carbocycles. The molecule has 2 heteroatoms. The second-order valence-corrected chi connectivity index (χ2v) is 6.37.